The van der Waals surface area contributed by atoms with Gasteiger partial charge in [-0.3, -0.25) is 0 Å². The molecule has 0 fully saturated rings. The van der Waals surface area contributed by atoms with Gasteiger partial charge in [0.2, 0.25) is 0 Å². The zero-order valence-electron chi connectivity index (χ0n) is 8.61. The third-order valence-corrected chi connectivity index (χ3v) is 2.78. The van der Waals surface area contributed by atoms with Crippen LogP contribution in [0.1, 0.15) is 11.1 Å². The summed E-state index contributed by atoms with van der Waals surface area (Å²) in [7, 11) is 0. The molecule has 2 rings (SSSR count). The number of hydrogen-bond acceptors (Lipinski definition) is 1. The van der Waals surface area contributed by atoms with E-state index in [1.807, 2.05) is 42.5 Å². The highest BCUT2D eigenvalue weighted by Gasteiger charge is 2.06. The second-order valence-corrected chi connectivity index (χ2v) is 4.37. The fraction of sp³-hybridized carbons (Fsp3) is 0.0769. The summed E-state index contributed by atoms with van der Waals surface area (Å²) in [6, 6.07) is 18.1. The molecule has 0 heterocycles. The van der Waals surface area contributed by atoms with Crippen molar-refractivity contribution in [2.75, 3.05) is 3.94 Å². The second kappa shape index (κ2) is 5.24. The molecule has 0 radical (unpaired) electrons. The van der Waals surface area contributed by atoms with E-state index >= 15 is 0 Å². The van der Waals surface area contributed by atoms with E-state index in [4.69, 9.17) is 23.6 Å². The van der Waals surface area contributed by atoms with Gasteiger partial charge in [-0.15, -0.1) is 0 Å². The van der Waals surface area contributed by atoms with E-state index in [2.05, 4.69) is 12.1 Å². The molecular weight excluding hydrogens is 241 g/mol. The summed E-state index contributed by atoms with van der Waals surface area (Å²) >= 11 is 11.5. The Hall–Kier alpha value is -1.18. The van der Waals surface area contributed by atoms with Crippen molar-refractivity contribution in [3.63, 3.8) is 0 Å². The molecule has 0 aliphatic rings. The summed E-state index contributed by atoms with van der Waals surface area (Å²) in [5, 5.41) is 0. The highest BCUT2D eigenvalue weighted by Crippen LogP contribution is 2.25. The molecule has 3 heteroatoms. The third-order valence-electron chi connectivity index (χ3n) is 2.41. The molecule has 16 heavy (non-hydrogen) atoms. The number of para-hydroxylation sites is 1. The van der Waals surface area contributed by atoms with Crippen molar-refractivity contribution in [1.29, 1.82) is 0 Å². The summed E-state index contributed by atoms with van der Waals surface area (Å²) in [4.78, 5) is 0. The van der Waals surface area contributed by atoms with Crippen molar-refractivity contribution < 1.29 is 0 Å². The Labute approximate surface area is 105 Å². The molecule has 0 bridgehead atoms. The first kappa shape index (κ1) is 11.3. The van der Waals surface area contributed by atoms with Crippen molar-refractivity contribution in [2.45, 2.75) is 6.42 Å². The monoisotopic (exact) mass is 251 g/mol. The minimum Gasteiger partial charge on any atom is -0.194 e. The van der Waals surface area contributed by atoms with Crippen molar-refractivity contribution >= 4 is 29.2 Å². The van der Waals surface area contributed by atoms with Crippen LogP contribution in [0, 0.1) is 0 Å². The van der Waals surface area contributed by atoms with Gasteiger partial charge in [-0.25, -0.2) is 0 Å². The molecule has 0 saturated carbocycles. The average Bonchev–Trinajstić information content (AvgIpc) is 2.31. The number of hydrogen-bond donors (Lipinski definition) is 0. The SMILES string of the molecule is ClN(Cl)c1ccccc1Cc1ccccc1. The lowest BCUT2D eigenvalue weighted by atomic mass is 10.0. The smallest absolute Gasteiger partial charge is 0.0745 e. The molecular formula is C13H11Cl2N. The molecule has 82 valence electrons. The van der Waals surface area contributed by atoms with Crippen molar-refractivity contribution in [3.8, 4) is 0 Å². The van der Waals surface area contributed by atoms with Crippen LogP contribution in [0.3, 0.4) is 0 Å². The molecule has 0 spiro atoms. The van der Waals surface area contributed by atoms with Crippen LogP contribution < -0.4 is 3.94 Å². The fourth-order valence-corrected chi connectivity index (χ4v) is 1.97. The second-order valence-electron chi connectivity index (χ2n) is 3.52. The quantitative estimate of drug-likeness (QED) is 0.732. The van der Waals surface area contributed by atoms with Crippen LogP contribution in [-0.2, 0) is 6.42 Å². The maximum atomic E-state index is 5.77. The maximum Gasteiger partial charge on any atom is 0.0745 e. The van der Waals surface area contributed by atoms with Crippen molar-refractivity contribution in [3.05, 3.63) is 65.7 Å². The number of halogens is 2. The van der Waals surface area contributed by atoms with Gasteiger partial charge in [-0.05, 0) is 23.6 Å². The Balaban J connectivity index is 2.28. The van der Waals surface area contributed by atoms with Crippen LogP contribution in [-0.4, -0.2) is 0 Å². The zero-order chi connectivity index (χ0) is 11.4. The highest BCUT2D eigenvalue weighted by molar-refractivity contribution is 6.49. The summed E-state index contributed by atoms with van der Waals surface area (Å²) < 4.78 is 1.11. The van der Waals surface area contributed by atoms with E-state index in [0.717, 1.165) is 21.6 Å². The number of nitrogens with zero attached hydrogens (tertiary/aromatic N) is 1. The maximum absolute atomic E-state index is 5.77. The van der Waals surface area contributed by atoms with Gasteiger partial charge in [0, 0.05) is 23.6 Å². The molecule has 1 nitrogen and oxygen atoms in total. The Morgan fingerprint density at radius 3 is 2.12 bits per heavy atom. The fourth-order valence-electron chi connectivity index (χ4n) is 1.64. The molecule has 0 aromatic heterocycles. The van der Waals surface area contributed by atoms with Gasteiger partial charge >= 0.3 is 0 Å². The Bertz CT molecular complexity index is 454. The lowest BCUT2D eigenvalue weighted by Crippen LogP contribution is -1.98. The van der Waals surface area contributed by atoms with Crippen LogP contribution in [0.4, 0.5) is 5.69 Å². The van der Waals surface area contributed by atoms with Crippen LogP contribution in [0.15, 0.2) is 54.6 Å². The Kier molecular flexibility index (Phi) is 3.70. The minimum atomic E-state index is 0.826. The van der Waals surface area contributed by atoms with Crippen molar-refractivity contribution in [2.24, 2.45) is 0 Å². The van der Waals surface area contributed by atoms with Gasteiger partial charge in [0.15, 0.2) is 0 Å². The van der Waals surface area contributed by atoms with E-state index in [-0.39, 0.29) is 0 Å². The van der Waals surface area contributed by atoms with Gasteiger partial charge < -0.3 is 0 Å². The van der Waals surface area contributed by atoms with Gasteiger partial charge in [-0.2, -0.15) is 3.94 Å². The number of anilines is 1. The molecule has 0 aliphatic heterocycles. The standard InChI is InChI=1S/C13H11Cl2N/c14-16(15)13-9-5-4-8-12(13)10-11-6-2-1-3-7-11/h1-9H,10H2. The number of benzene rings is 2. The lowest BCUT2D eigenvalue weighted by Gasteiger charge is -2.11. The van der Waals surface area contributed by atoms with E-state index in [9.17, 15) is 0 Å². The van der Waals surface area contributed by atoms with E-state index in [1.165, 1.54) is 5.56 Å². The van der Waals surface area contributed by atoms with Gasteiger partial charge in [0.1, 0.15) is 0 Å². The zero-order valence-corrected chi connectivity index (χ0v) is 10.1. The third kappa shape index (κ3) is 2.69. The lowest BCUT2D eigenvalue weighted by molar-refractivity contribution is 1.19. The first-order chi connectivity index (χ1) is 7.77. The first-order valence-electron chi connectivity index (χ1n) is 5.01. The molecule has 0 N–H and O–H groups in total. The van der Waals surface area contributed by atoms with E-state index < -0.39 is 0 Å². The van der Waals surface area contributed by atoms with Crippen LogP contribution in [0.25, 0.3) is 0 Å². The highest BCUT2D eigenvalue weighted by atomic mass is 35.5. The molecule has 2 aromatic carbocycles. The van der Waals surface area contributed by atoms with Gasteiger partial charge in [-0.1, -0.05) is 48.5 Å². The van der Waals surface area contributed by atoms with E-state index in [0.29, 0.717) is 0 Å². The topological polar surface area (TPSA) is 3.24 Å². The van der Waals surface area contributed by atoms with Gasteiger partial charge in [0.25, 0.3) is 0 Å². The molecule has 0 unspecified atom stereocenters. The summed E-state index contributed by atoms with van der Waals surface area (Å²) in [5.74, 6) is 0. The molecule has 2 aromatic rings. The van der Waals surface area contributed by atoms with Gasteiger partial charge in [0.05, 0.1) is 5.69 Å². The van der Waals surface area contributed by atoms with Crippen LogP contribution in [0.2, 0.25) is 0 Å². The van der Waals surface area contributed by atoms with Crippen LogP contribution >= 0.6 is 23.6 Å². The largest absolute Gasteiger partial charge is 0.194 e. The number of rotatable bonds is 3. The predicted octanol–water partition coefficient (Wildman–Crippen LogP) is 4.39. The summed E-state index contributed by atoms with van der Waals surface area (Å²) in [6.07, 6.45) is 0.826. The van der Waals surface area contributed by atoms with E-state index in [1.54, 1.807) is 0 Å². The Morgan fingerprint density at radius 1 is 0.812 bits per heavy atom. The summed E-state index contributed by atoms with van der Waals surface area (Å²) in [6.45, 7) is 0. The first-order valence-corrected chi connectivity index (χ1v) is 5.68. The molecule has 0 atom stereocenters. The minimum absolute atomic E-state index is 0.826. The van der Waals surface area contributed by atoms with Crippen LogP contribution in [0.5, 0.6) is 0 Å². The molecule has 0 amide bonds. The molecule has 0 saturated heterocycles. The average molecular weight is 252 g/mol. The predicted molar refractivity (Wildman–Crippen MR) is 69.9 cm³/mol. The Morgan fingerprint density at radius 2 is 1.44 bits per heavy atom. The normalized spacial score (nSPS) is 10.1. The summed E-state index contributed by atoms with van der Waals surface area (Å²) in [5.41, 5.74) is 3.18. The van der Waals surface area contributed by atoms with Crippen molar-refractivity contribution in [1.82, 2.24) is 0 Å². The molecule has 0 aliphatic carbocycles.